The quantitative estimate of drug-likeness (QED) is 0.151. The molecule has 0 aliphatic carbocycles. The maximum Gasteiger partial charge on any atom is 0.232 e. The highest BCUT2D eigenvalue weighted by atomic mass is 32.2. The lowest BCUT2D eigenvalue weighted by Gasteiger charge is -2.34. The van der Waals surface area contributed by atoms with Crippen LogP contribution < -0.4 is 30.3 Å². The van der Waals surface area contributed by atoms with Crippen LogP contribution in [-0.4, -0.2) is 67.9 Å². The number of benzene rings is 3. The smallest absolute Gasteiger partial charge is 0.232 e. The zero-order chi connectivity index (χ0) is 34.5. The van der Waals surface area contributed by atoms with Gasteiger partial charge in [-0.1, -0.05) is 43.3 Å². The number of sulfonamides is 1. The Kier molecular flexibility index (Phi) is 9.92. The number of nitrogens with one attached hydrogen (secondary N) is 2. The monoisotopic (exact) mass is 679 g/mol. The van der Waals surface area contributed by atoms with Crippen LogP contribution in [0, 0.1) is 0 Å². The zero-order valence-electron chi connectivity index (χ0n) is 28.1. The van der Waals surface area contributed by atoms with E-state index in [0.717, 1.165) is 55.5 Å². The summed E-state index contributed by atoms with van der Waals surface area (Å²) in [5.74, 6) is 1.44. The summed E-state index contributed by atoms with van der Waals surface area (Å²) in [7, 11) is -0.512. The number of piperidine rings is 1. The number of ether oxygens (including phenoxy) is 1. The van der Waals surface area contributed by atoms with E-state index in [2.05, 4.69) is 49.5 Å². The number of aryl methyl sites for hydroxylation is 1. The van der Waals surface area contributed by atoms with Gasteiger partial charge in [0.2, 0.25) is 16.0 Å². The molecule has 0 unspecified atom stereocenters. The molecule has 0 bridgehead atoms. The van der Waals surface area contributed by atoms with Crippen LogP contribution >= 0.6 is 0 Å². The van der Waals surface area contributed by atoms with Gasteiger partial charge >= 0.3 is 0 Å². The lowest BCUT2D eigenvalue weighted by Crippen LogP contribution is -2.40. The molecule has 4 N–H and O–H groups in total. The Morgan fingerprint density at radius 3 is 2.47 bits per heavy atom. The third-order valence-corrected chi connectivity index (χ3v) is 9.84. The maximum atomic E-state index is 12.8. The van der Waals surface area contributed by atoms with Gasteiger partial charge in [-0.2, -0.15) is 4.98 Å². The zero-order valence-corrected chi connectivity index (χ0v) is 28.9. The highest BCUT2D eigenvalue weighted by Gasteiger charge is 2.23. The van der Waals surface area contributed by atoms with Crippen molar-refractivity contribution in [2.75, 3.05) is 53.3 Å². The van der Waals surface area contributed by atoms with Gasteiger partial charge in [0.1, 0.15) is 22.8 Å². The van der Waals surface area contributed by atoms with Gasteiger partial charge in [0.05, 0.1) is 30.3 Å². The molecule has 12 nitrogen and oxygen atoms in total. The molecule has 0 radical (unpaired) electrons. The minimum Gasteiger partial charge on any atom is -0.494 e. The van der Waals surface area contributed by atoms with Crippen molar-refractivity contribution in [1.82, 2.24) is 19.9 Å². The molecule has 1 aliphatic heterocycles. The first-order chi connectivity index (χ1) is 23.6. The van der Waals surface area contributed by atoms with E-state index in [9.17, 15) is 8.42 Å². The molecule has 1 fully saturated rings. The fourth-order valence-corrected chi connectivity index (χ4v) is 6.39. The van der Waals surface area contributed by atoms with E-state index >= 15 is 0 Å². The van der Waals surface area contributed by atoms with Gasteiger partial charge in [0, 0.05) is 62.1 Å². The van der Waals surface area contributed by atoms with E-state index in [1.165, 1.54) is 23.1 Å². The van der Waals surface area contributed by atoms with Crippen LogP contribution in [0.1, 0.15) is 36.5 Å². The molecule has 13 heteroatoms. The molecule has 3 aromatic carbocycles. The largest absolute Gasteiger partial charge is 0.494 e. The van der Waals surface area contributed by atoms with Crippen molar-refractivity contribution in [3.05, 3.63) is 89.9 Å². The number of hydrogen-bond acceptors (Lipinski definition) is 11. The van der Waals surface area contributed by atoms with Gasteiger partial charge in [0.25, 0.3) is 0 Å². The third kappa shape index (κ3) is 7.58. The Bertz CT molecular complexity index is 2080. The van der Waals surface area contributed by atoms with Gasteiger partial charge < -0.3 is 26.0 Å². The summed E-state index contributed by atoms with van der Waals surface area (Å²) >= 11 is 0. The summed E-state index contributed by atoms with van der Waals surface area (Å²) in [6.45, 7) is 3.93. The summed E-state index contributed by atoms with van der Waals surface area (Å²) in [5, 5.41) is 6.77. The Labute approximate surface area is 287 Å². The van der Waals surface area contributed by atoms with E-state index in [0.29, 0.717) is 45.5 Å². The van der Waals surface area contributed by atoms with Crippen molar-refractivity contribution in [3.8, 4) is 5.75 Å². The molecule has 254 valence electrons. The van der Waals surface area contributed by atoms with Crippen LogP contribution in [0.5, 0.6) is 5.75 Å². The van der Waals surface area contributed by atoms with E-state index < -0.39 is 10.0 Å². The van der Waals surface area contributed by atoms with E-state index in [1.807, 2.05) is 42.5 Å². The van der Waals surface area contributed by atoms with Gasteiger partial charge in [-0.05, 0) is 54.7 Å². The van der Waals surface area contributed by atoms with Gasteiger partial charge in [-0.15, -0.1) is 0 Å². The second-order valence-corrected chi connectivity index (χ2v) is 14.0. The molecule has 3 heterocycles. The standard InChI is InChI=1S/C36H41N9O3S/c1-5-25-21-30(32(48-3)22-31(25)45-19-15-27(37)16-20-45)42-36-40-23-26(12-11-24-9-7-6-8-10-24)35(43-36)41-29-14-13-28-33(39-18-17-38-28)34(29)44(2)49(4,46)47/h6-14,17-18,21-23,27H,5,15-16,19-20,37H2,1-4H3,(H2,40,41,42,43)/b12-11+. The highest BCUT2D eigenvalue weighted by molar-refractivity contribution is 7.92. The second-order valence-electron chi connectivity index (χ2n) is 12.0. The van der Waals surface area contributed by atoms with Crippen molar-refractivity contribution in [1.29, 1.82) is 0 Å². The molecule has 6 rings (SSSR count). The first-order valence-corrected chi connectivity index (χ1v) is 18.0. The number of fused-ring (bicyclic) bond motifs is 1. The number of aromatic nitrogens is 4. The fraction of sp³-hybridized carbons (Fsp3) is 0.278. The molecule has 1 aliphatic rings. The number of rotatable bonds is 11. The molecule has 0 amide bonds. The average molecular weight is 680 g/mol. The molecule has 0 saturated carbocycles. The topological polar surface area (TPSA) is 151 Å². The lowest BCUT2D eigenvalue weighted by molar-refractivity contribution is 0.416. The van der Waals surface area contributed by atoms with Crippen molar-refractivity contribution >= 4 is 67.7 Å². The minimum atomic E-state index is -3.65. The molecule has 0 spiro atoms. The van der Waals surface area contributed by atoms with Crippen molar-refractivity contribution in [3.63, 3.8) is 0 Å². The molecule has 49 heavy (non-hydrogen) atoms. The summed E-state index contributed by atoms with van der Waals surface area (Å²) in [4.78, 5) is 20.8. The molecular formula is C36H41N9O3S. The van der Waals surface area contributed by atoms with E-state index in [-0.39, 0.29) is 6.04 Å². The normalized spacial score (nSPS) is 13.9. The van der Waals surface area contributed by atoms with Crippen LogP contribution in [-0.2, 0) is 16.4 Å². The summed E-state index contributed by atoms with van der Waals surface area (Å²) < 4.78 is 32.6. The van der Waals surface area contributed by atoms with Gasteiger partial charge in [0.15, 0.2) is 0 Å². The molecule has 2 aromatic heterocycles. The van der Waals surface area contributed by atoms with E-state index in [1.54, 1.807) is 31.6 Å². The van der Waals surface area contributed by atoms with E-state index in [4.69, 9.17) is 15.5 Å². The second kappa shape index (κ2) is 14.5. The maximum absolute atomic E-state index is 12.8. The average Bonchev–Trinajstić information content (AvgIpc) is 3.11. The Hall–Kier alpha value is -5.27. The van der Waals surface area contributed by atoms with Crippen molar-refractivity contribution < 1.29 is 13.2 Å². The van der Waals surface area contributed by atoms with Crippen LogP contribution in [0.15, 0.2) is 73.2 Å². The Balaban J connectivity index is 1.41. The van der Waals surface area contributed by atoms with Crippen molar-refractivity contribution in [2.24, 2.45) is 5.73 Å². The van der Waals surface area contributed by atoms with Gasteiger partial charge in [-0.25, -0.2) is 13.4 Å². The van der Waals surface area contributed by atoms with Crippen LogP contribution in [0.3, 0.4) is 0 Å². The van der Waals surface area contributed by atoms with Crippen LogP contribution in [0.4, 0.5) is 34.5 Å². The fourth-order valence-electron chi connectivity index (χ4n) is 5.88. The Morgan fingerprint density at radius 2 is 1.76 bits per heavy atom. The third-order valence-electron chi connectivity index (χ3n) is 8.66. The molecular weight excluding hydrogens is 639 g/mol. The summed E-state index contributed by atoms with van der Waals surface area (Å²) in [6, 6.07) is 17.9. The first kappa shape index (κ1) is 33.6. The van der Waals surface area contributed by atoms with Crippen LogP contribution in [0.2, 0.25) is 0 Å². The molecule has 0 atom stereocenters. The molecule has 5 aromatic rings. The SMILES string of the molecule is CCc1cc(Nc2ncc(/C=C/c3ccccc3)c(Nc3ccc4nccnc4c3N(C)S(C)(=O)=O)n2)c(OC)cc1N1CCC(N)CC1. The predicted octanol–water partition coefficient (Wildman–Crippen LogP) is 5.97. The minimum absolute atomic E-state index is 0.236. The van der Waals surface area contributed by atoms with Crippen molar-refractivity contribution in [2.45, 2.75) is 32.2 Å². The Morgan fingerprint density at radius 1 is 1.00 bits per heavy atom. The van der Waals surface area contributed by atoms with Crippen LogP contribution in [0.25, 0.3) is 23.2 Å². The first-order valence-electron chi connectivity index (χ1n) is 16.2. The predicted molar refractivity (Wildman–Crippen MR) is 199 cm³/mol. The lowest BCUT2D eigenvalue weighted by atomic mass is 10.0. The number of anilines is 6. The number of nitrogens with two attached hydrogens (primary N) is 1. The summed E-state index contributed by atoms with van der Waals surface area (Å²) in [5.41, 5.74) is 12.7. The number of nitrogens with zero attached hydrogens (tertiary/aromatic N) is 6. The number of hydrogen-bond donors (Lipinski definition) is 3. The summed E-state index contributed by atoms with van der Waals surface area (Å²) in [6.07, 6.45) is 12.6. The van der Waals surface area contributed by atoms with Gasteiger partial charge in [-0.3, -0.25) is 14.3 Å². The highest BCUT2D eigenvalue weighted by Crippen LogP contribution is 2.38. The molecule has 1 saturated heterocycles. The number of methoxy groups -OCH3 is 1.